The van der Waals surface area contributed by atoms with Gasteiger partial charge in [-0.3, -0.25) is 4.79 Å². The molecule has 9 heteroatoms. The lowest BCUT2D eigenvalue weighted by atomic mass is 9.90. The van der Waals surface area contributed by atoms with Gasteiger partial charge in [-0.2, -0.15) is 5.10 Å². The molecule has 1 aliphatic rings. The Morgan fingerprint density at radius 1 is 1.03 bits per heavy atom. The SMILES string of the molecule is CCC1CC(=O)NN=C1c1ccc2nc(-c3ccc(OCc4ccc(S(C)(=O)=O)cc4)cc3)oc2c1. The van der Waals surface area contributed by atoms with Gasteiger partial charge in [0.15, 0.2) is 15.4 Å². The quantitative estimate of drug-likeness (QED) is 0.390. The van der Waals surface area contributed by atoms with E-state index in [2.05, 4.69) is 15.5 Å². The highest BCUT2D eigenvalue weighted by atomic mass is 32.2. The second kappa shape index (κ2) is 9.58. The molecule has 1 aromatic heterocycles. The van der Waals surface area contributed by atoms with Crippen molar-refractivity contribution in [1.82, 2.24) is 10.4 Å². The average molecular weight is 504 g/mol. The van der Waals surface area contributed by atoms with Crippen molar-refractivity contribution >= 4 is 32.6 Å². The summed E-state index contributed by atoms with van der Waals surface area (Å²) in [5.74, 6) is 1.18. The number of nitrogens with zero attached hydrogens (tertiary/aromatic N) is 2. The van der Waals surface area contributed by atoms with E-state index < -0.39 is 9.84 Å². The third-order valence-electron chi connectivity index (χ3n) is 6.15. The van der Waals surface area contributed by atoms with Gasteiger partial charge in [-0.25, -0.2) is 18.8 Å². The summed E-state index contributed by atoms with van der Waals surface area (Å²) in [6, 6.07) is 19.8. The van der Waals surface area contributed by atoms with Gasteiger partial charge in [-0.1, -0.05) is 25.1 Å². The molecule has 0 spiro atoms. The van der Waals surface area contributed by atoms with Crippen LogP contribution >= 0.6 is 0 Å². The average Bonchev–Trinajstić information content (AvgIpc) is 3.31. The van der Waals surface area contributed by atoms with Crippen LogP contribution in [0, 0.1) is 5.92 Å². The molecule has 1 amide bonds. The third-order valence-corrected chi connectivity index (χ3v) is 7.28. The standard InChI is InChI=1S/C27H25N3O5S/c1-3-18-15-25(31)29-30-26(18)20-8-13-23-24(14-20)35-27(28-23)19-6-9-21(10-7-19)34-16-17-4-11-22(12-5-17)36(2,32)33/h4-14,18H,3,15-16H2,1-2H3,(H,29,31). The van der Waals surface area contributed by atoms with E-state index in [1.54, 1.807) is 24.3 Å². The number of fused-ring (bicyclic) bond motifs is 1. The molecule has 0 aliphatic carbocycles. The molecule has 36 heavy (non-hydrogen) atoms. The van der Waals surface area contributed by atoms with E-state index in [1.165, 1.54) is 6.26 Å². The molecule has 0 fully saturated rings. The van der Waals surface area contributed by atoms with Crippen LogP contribution in [0.1, 0.15) is 30.9 Å². The number of hydrogen-bond acceptors (Lipinski definition) is 7. The fraction of sp³-hybridized carbons (Fsp3) is 0.222. The monoisotopic (exact) mass is 503 g/mol. The molecule has 3 aromatic carbocycles. The number of hydrogen-bond donors (Lipinski definition) is 1. The van der Waals surface area contributed by atoms with E-state index in [-0.39, 0.29) is 16.7 Å². The van der Waals surface area contributed by atoms with Gasteiger partial charge in [0.05, 0.1) is 10.6 Å². The maximum absolute atomic E-state index is 11.7. The van der Waals surface area contributed by atoms with E-state index in [9.17, 15) is 13.2 Å². The summed E-state index contributed by atoms with van der Waals surface area (Å²) < 4.78 is 35.1. The van der Waals surface area contributed by atoms with E-state index in [1.807, 2.05) is 49.4 Å². The first-order valence-corrected chi connectivity index (χ1v) is 13.5. The van der Waals surface area contributed by atoms with E-state index in [0.29, 0.717) is 30.3 Å². The molecule has 5 rings (SSSR count). The predicted molar refractivity (Wildman–Crippen MR) is 136 cm³/mol. The maximum atomic E-state index is 11.7. The number of aromatic nitrogens is 1. The number of carbonyl (C=O) groups excluding carboxylic acids is 1. The second-order valence-electron chi connectivity index (χ2n) is 8.77. The van der Waals surface area contributed by atoms with Crippen LogP contribution in [0.5, 0.6) is 5.75 Å². The number of carbonyl (C=O) groups is 1. The van der Waals surface area contributed by atoms with Crippen molar-refractivity contribution in [3.8, 4) is 17.2 Å². The predicted octanol–water partition coefficient (Wildman–Crippen LogP) is 4.73. The lowest BCUT2D eigenvalue weighted by molar-refractivity contribution is -0.122. The Morgan fingerprint density at radius 2 is 1.75 bits per heavy atom. The van der Waals surface area contributed by atoms with Crippen LogP contribution in [-0.4, -0.2) is 31.3 Å². The summed E-state index contributed by atoms with van der Waals surface area (Å²) in [5.41, 5.74) is 7.40. The molecular formula is C27H25N3O5S. The van der Waals surface area contributed by atoms with Crippen LogP contribution < -0.4 is 10.2 Å². The van der Waals surface area contributed by atoms with Gasteiger partial charge in [-0.05, 0) is 60.5 Å². The summed E-state index contributed by atoms with van der Waals surface area (Å²) in [6.07, 6.45) is 2.44. The van der Waals surface area contributed by atoms with Crippen molar-refractivity contribution < 1.29 is 22.4 Å². The lowest BCUT2D eigenvalue weighted by Gasteiger charge is -2.21. The van der Waals surface area contributed by atoms with Crippen molar-refractivity contribution in [2.24, 2.45) is 11.0 Å². The molecule has 0 saturated carbocycles. The highest BCUT2D eigenvalue weighted by Crippen LogP contribution is 2.28. The maximum Gasteiger partial charge on any atom is 0.240 e. The number of hydrazone groups is 1. The van der Waals surface area contributed by atoms with Crippen molar-refractivity contribution in [1.29, 1.82) is 0 Å². The fourth-order valence-electron chi connectivity index (χ4n) is 4.12. The molecule has 1 N–H and O–H groups in total. The number of ether oxygens (including phenoxy) is 1. The molecule has 1 aliphatic heterocycles. The summed E-state index contributed by atoms with van der Waals surface area (Å²) in [5, 5.41) is 4.28. The zero-order chi connectivity index (χ0) is 25.3. The van der Waals surface area contributed by atoms with Crippen molar-refractivity contribution in [3.05, 3.63) is 77.9 Å². The fourth-order valence-corrected chi connectivity index (χ4v) is 4.75. The van der Waals surface area contributed by atoms with Crippen molar-refractivity contribution in [2.45, 2.75) is 31.3 Å². The number of nitrogens with one attached hydrogen (secondary N) is 1. The Bertz CT molecular complexity index is 1560. The van der Waals surface area contributed by atoms with Gasteiger partial charge in [-0.15, -0.1) is 0 Å². The molecule has 1 atom stereocenters. The van der Waals surface area contributed by atoms with Gasteiger partial charge in [0, 0.05) is 29.7 Å². The van der Waals surface area contributed by atoms with Crippen molar-refractivity contribution in [2.75, 3.05) is 6.26 Å². The molecule has 184 valence electrons. The molecule has 1 unspecified atom stereocenters. The second-order valence-corrected chi connectivity index (χ2v) is 10.8. The minimum atomic E-state index is -3.22. The van der Waals surface area contributed by atoms with Gasteiger partial charge < -0.3 is 9.15 Å². The van der Waals surface area contributed by atoms with Gasteiger partial charge in [0.25, 0.3) is 0 Å². The number of oxazole rings is 1. The molecule has 2 heterocycles. The first kappa shape index (κ1) is 23.7. The van der Waals surface area contributed by atoms with E-state index >= 15 is 0 Å². The first-order chi connectivity index (χ1) is 17.3. The van der Waals surface area contributed by atoms with E-state index in [0.717, 1.165) is 34.3 Å². The number of benzene rings is 3. The molecular weight excluding hydrogens is 478 g/mol. The topological polar surface area (TPSA) is 111 Å². The smallest absolute Gasteiger partial charge is 0.240 e. The van der Waals surface area contributed by atoms with Gasteiger partial charge >= 0.3 is 0 Å². The molecule has 8 nitrogen and oxygen atoms in total. The highest BCUT2D eigenvalue weighted by Gasteiger charge is 2.24. The van der Waals surface area contributed by atoms with Crippen LogP contribution in [0.3, 0.4) is 0 Å². The molecule has 0 bridgehead atoms. The van der Waals surface area contributed by atoms with Crippen LogP contribution in [0.4, 0.5) is 0 Å². The Kier molecular flexibility index (Phi) is 6.32. The third kappa shape index (κ3) is 5.01. The number of amides is 1. The normalized spacial score (nSPS) is 16.0. The van der Waals surface area contributed by atoms with Crippen LogP contribution in [0.2, 0.25) is 0 Å². The lowest BCUT2D eigenvalue weighted by Crippen LogP contribution is -2.33. The molecule has 4 aromatic rings. The van der Waals surface area contributed by atoms with E-state index in [4.69, 9.17) is 9.15 Å². The summed E-state index contributed by atoms with van der Waals surface area (Å²) in [7, 11) is -3.22. The highest BCUT2D eigenvalue weighted by molar-refractivity contribution is 7.90. The number of rotatable bonds is 7. The summed E-state index contributed by atoms with van der Waals surface area (Å²) >= 11 is 0. The molecule has 0 saturated heterocycles. The van der Waals surface area contributed by atoms with Crippen LogP contribution in [-0.2, 0) is 21.2 Å². The Balaban J connectivity index is 1.30. The summed E-state index contributed by atoms with van der Waals surface area (Å²) in [4.78, 5) is 16.6. The van der Waals surface area contributed by atoms with Gasteiger partial charge in [0.2, 0.25) is 11.8 Å². The van der Waals surface area contributed by atoms with Crippen molar-refractivity contribution in [3.63, 3.8) is 0 Å². The minimum Gasteiger partial charge on any atom is -0.489 e. The Labute approximate surface area is 208 Å². The largest absolute Gasteiger partial charge is 0.489 e. The zero-order valence-corrected chi connectivity index (χ0v) is 20.7. The Hall–Kier alpha value is -3.98. The van der Waals surface area contributed by atoms with Crippen LogP contribution in [0.25, 0.3) is 22.6 Å². The van der Waals surface area contributed by atoms with Gasteiger partial charge in [0.1, 0.15) is 17.9 Å². The molecule has 0 radical (unpaired) electrons. The Morgan fingerprint density at radius 3 is 2.44 bits per heavy atom. The first-order valence-electron chi connectivity index (χ1n) is 11.6. The number of sulfone groups is 1. The summed E-state index contributed by atoms with van der Waals surface area (Å²) in [6.45, 7) is 2.37. The minimum absolute atomic E-state index is 0.0640. The van der Waals surface area contributed by atoms with Crippen LogP contribution in [0.15, 0.2) is 81.1 Å². The zero-order valence-electron chi connectivity index (χ0n) is 19.9.